The number of fused-ring (bicyclic) bond motifs is 1. The summed E-state index contributed by atoms with van der Waals surface area (Å²) in [5.74, 6) is -1.16. The van der Waals surface area contributed by atoms with E-state index in [9.17, 15) is 14.4 Å². The van der Waals surface area contributed by atoms with Crippen LogP contribution in [0.4, 0.5) is 17.1 Å². The smallest absolute Gasteiger partial charge is 0.263 e. The number of para-hydroxylation sites is 2. The third-order valence-electron chi connectivity index (χ3n) is 5.73. The monoisotopic (exact) mass is 439 g/mol. The van der Waals surface area contributed by atoms with Crippen molar-refractivity contribution in [3.05, 3.63) is 90.5 Å². The molecule has 1 saturated heterocycles. The fourth-order valence-electron chi connectivity index (χ4n) is 4.10. The Morgan fingerprint density at radius 3 is 2.00 bits per heavy atom. The Hall–Kier alpha value is -4.33. The van der Waals surface area contributed by atoms with Crippen molar-refractivity contribution in [3.63, 3.8) is 0 Å². The van der Waals surface area contributed by atoms with Crippen molar-refractivity contribution in [3.8, 4) is 0 Å². The lowest BCUT2D eigenvalue weighted by Gasteiger charge is -2.26. The number of hydrogen-bond donors (Lipinski definition) is 0. The van der Waals surface area contributed by atoms with Crippen LogP contribution in [0.5, 0.6) is 0 Å². The van der Waals surface area contributed by atoms with E-state index in [0.717, 1.165) is 10.5 Å². The number of benzene rings is 3. The molecule has 2 atom stereocenters. The van der Waals surface area contributed by atoms with Gasteiger partial charge >= 0.3 is 0 Å². The highest BCUT2D eigenvalue weighted by Crippen LogP contribution is 2.33. The first-order valence-electron chi connectivity index (χ1n) is 10.6. The third-order valence-corrected chi connectivity index (χ3v) is 5.73. The van der Waals surface area contributed by atoms with Gasteiger partial charge in [0.15, 0.2) is 12.1 Å². The molecule has 8 heteroatoms. The number of hydrogen-bond acceptors (Lipinski definition) is 6. The minimum Gasteiger partial charge on any atom is -0.279 e. The van der Waals surface area contributed by atoms with Crippen molar-refractivity contribution in [2.75, 3.05) is 16.3 Å². The van der Waals surface area contributed by atoms with E-state index in [1.165, 1.54) is 5.01 Å². The fraction of sp³-hybridized carbons (Fsp3) is 0.160. The maximum Gasteiger partial charge on any atom is 0.263 e. The van der Waals surface area contributed by atoms with Crippen LogP contribution >= 0.6 is 0 Å². The Balaban J connectivity index is 1.41. The molecule has 33 heavy (non-hydrogen) atoms. The Morgan fingerprint density at radius 2 is 1.42 bits per heavy atom. The highest BCUT2D eigenvalue weighted by molar-refractivity contribution is 6.25. The van der Waals surface area contributed by atoms with E-state index in [2.05, 4.69) is 10.3 Å². The van der Waals surface area contributed by atoms with Gasteiger partial charge in [-0.25, -0.2) is 4.90 Å². The van der Waals surface area contributed by atoms with E-state index in [1.54, 1.807) is 17.0 Å². The Labute approximate surface area is 190 Å². The quantitative estimate of drug-likeness (QED) is 0.568. The highest BCUT2D eigenvalue weighted by Gasteiger charge is 2.55. The molecule has 8 nitrogen and oxygen atoms in total. The summed E-state index contributed by atoms with van der Waals surface area (Å²) >= 11 is 0. The molecule has 0 spiro atoms. The number of amides is 3. The van der Waals surface area contributed by atoms with Crippen LogP contribution in [0, 0.1) is 6.92 Å². The van der Waals surface area contributed by atoms with Crippen LogP contribution in [-0.2, 0) is 14.4 Å². The maximum atomic E-state index is 13.4. The van der Waals surface area contributed by atoms with Crippen LogP contribution in [0.3, 0.4) is 0 Å². The van der Waals surface area contributed by atoms with E-state index in [4.69, 9.17) is 0 Å². The molecule has 0 unspecified atom stereocenters. The molecule has 0 aliphatic carbocycles. The molecule has 164 valence electrons. The van der Waals surface area contributed by atoms with E-state index >= 15 is 0 Å². The molecule has 0 radical (unpaired) electrons. The number of carbonyl (C=O) groups excluding carboxylic acids is 3. The number of imide groups is 1. The van der Waals surface area contributed by atoms with Crippen LogP contribution < -0.4 is 9.80 Å². The summed E-state index contributed by atoms with van der Waals surface area (Å²) < 4.78 is 0. The minimum atomic E-state index is -0.950. The van der Waals surface area contributed by atoms with Gasteiger partial charge in [-0.3, -0.25) is 24.3 Å². The molecule has 2 aliphatic heterocycles. The van der Waals surface area contributed by atoms with E-state index in [1.807, 2.05) is 79.7 Å². The fourth-order valence-corrected chi connectivity index (χ4v) is 4.10. The van der Waals surface area contributed by atoms with Gasteiger partial charge in [0.1, 0.15) is 6.54 Å². The van der Waals surface area contributed by atoms with E-state index < -0.39 is 23.9 Å². The zero-order valence-corrected chi connectivity index (χ0v) is 17.9. The molecule has 3 aromatic carbocycles. The predicted octanol–water partition coefficient (Wildman–Crippen LogP) is 3.65. The highest BCUT2D eigenvalue weighted by atomic mass is 16.2. The molecule has 3 aromatic rings. The summed E-state index contributed by atoms with van der Waals surface area (Å²) in [7, 11) is 0. The van der Waals surface area contributed by atoms with Gasteiger partial charge in [0.25, 0.3) is 17.7 Å². The largest absolute Gasteiger partial charge is 0.279 e. The first-order valence-corrected chi connectivity index (χ1v) is 10.6. The van der Waals surface area contributed by atoms with Crippen molar-refractivity contribution in [1.82, 2.24) is 5.01 Å². The average molecular weight is 439 g/mol. The SMILES string of the molecule is Cc1ccc(N2C(=O)[C@H]3N=NN(CC(=O)N(c4ccccc4)c4ccccc4)[C@H]3C2=O)cc1. The molecule has 0 bridgehead atoms. The van der Waals surface area contributed by atoms with Crippen molar-refractivity contribution < 1.29 is 14.4 Å². The molecular weight excluding hydrogens is 418 g/mol. The number of nitrogens with zero attached hydrogens (tertiary/aromatic N) is 5. The number of aryl methyl sites for hydroxylation is 1. The zero-order valence-electron chi connectivity index (χ0n) is 17.9. The summed E-state index contributed by atoms with van der Waals surface area (Å²) in [5.41, 5.74) is 2.89. The van der Waals surface area contributed by atoms with Crippen LogP contribution in [0.15, 0.2) is 95.3 Å². The van der Waals surface area contributed by atoms with Crippen molar-refractivity contribution >= 4 is 34.8 Å². The summed E-state index contributed by atoms with van der Waals surface area (Å²) in [5, 5.41) is 9.37. The number of carbonyl (C=O) groups is 3. The minimum absolute atomic E-state index is 0.199. The lowest BCUT2D eigenvalue weighted by atomic mass is 10.1. The molecule has 3 amide bonds. The molecule has 0 N–H and O–H groups in total. The normalized spacial score (nSPS) is 19.2. The van der Waals surface area contributed by atoms with Gasteiger partial charge in [-0.1, -0.05) is 59.3 Å². The average Bonchev–Trinajstić information content (AvgIpc) is 3.35. The first-order chi connectivity index (χ1) is 16.0. The van der Waals surface area contributed by atoms with Crippen molar-refractivity contribution in [2.45, 2.75) is 19.0 Å². The van der Waals surface area contributed by atoms with Gasteiger partial charge in [-0.15, -0.1) is 0 Å². The van der Waals surface area contributed by atoms with E-state index in [-0.39, 0.29) is 12.5 Å². The molecule has 2 aliphatic rings. The van der Waals surface area contributed by atoms with Crippen molar-refractivity contribution in [2.24, 2.45) is 10.3 Å². The number of anilines is 3. The lowest BCUT2D eigenvalue weighted by molar-refractivity contribution is -0.124. The van der Waals surface area contributed by atoms with Gasteiger partial charge in [0.05, 0.1) is 5.69 Å². The van der Waals surface area contributed by atoms with Gasteiger partial charge in [0, 0.05) is 11.4 Å². The second-order valence-electron chi connectivity index (χ2n) is 7.94. The predicted molar refractivity (Wildman–Crippen MR) is 123 cm³/mol. The topological polar surface area (TPSA) is 85.7 Å². The molecule has 1 fully saturated rings. The molecule has 0 saturated carbocycles. The van der Waals surface area contributed by atoms with Gasteiger partial charge in [-0.2, -0.15) is 5.11 Å². The standard InChI is InChI=1S/C25H21N5O3/c1-17-12-14-20(15-13-17)30-24(32)22-23(25(30)33)28(27-26-22)16-21(31)29(18-8-4-2-5-9-18)19-10-6-3-7-11-19/h2-15,22-23H,16H2,1H3/t22-,23+/m0/s1. The van der Waals surface area contributed by atoms with Gasteiger partial charge in [-0.05, 0) is 43.3 Å². The molecule has 2 heterocycles. The second-order valence-corrected chi connectivity index (χ2v) is 7.94. The molecule has 0 aromatic heterocycles. The summed E-state index contributed by atoms with van der Waals surface area (Å²) in [4.78, 5) is 42.3. The van der Waals surface area contributed by atoms with E-state index in [0.29, 0.717) is 17.1 Å². The molecule has 5 rings (SSSR count). The Morgan fingerprint density at radius 1 is 0.848 bits per heavy atom. The molecular formula is C25H21N5O3. The van der Waals surface area contributed by atoms with Crippen LogP contribution in [0.1, 0.15) is 5.56 Å². The van der Waals surface area contributed by atoms with Gasteiger partial charge < -0.3 is 0 Å². The van der Waals surface area contributed by atoms with Crippen LogP contribution in [-0.4, -0.2) is 41.4 Å². The first kappa shape index (κ1) is 20.6. The van der Waals surface area contributed by atoms with Gasteiger partial charge in [0.2, 0.25) is 0 Å². The zero-order chi connectivity index (χ0) is 22.9. The summed E-state index contributed by atoms with van der Waals surface area (Å²) in [6.07, 6.45) is 0. The number of rotatable bonds is 5. The summed E-state index contributed by atoms with van der Waals surface area (Å²) in [6.45, 7) is 1.73. The van der Waals surface area contributed by atoms with Crippen molar-refractivity contribution in [1.29, 1.82) is 0 Å². The lowest BCUT2D eigenvalue weighted by Crippen LogP contribution is -2.44. The third kappa shape index (κ3) is 3.65. The Kier molecular flexibility index (Phi) is 5.18. The maximum absolute atomic E-state index is 13.4. The second kappa shape index (κ2) is 8.31. The summed E-state index contributed by atoms with van der Waals surface area (Å²) in [6, 6.07) is 23.7. The van der Waals surface area contributed by atoms with Crippen LogP contribution in [0.25, 0.3) is 0 Å². The van der Waals surface area contributed by atoms with Crippen LogP contribution in [0.2, 0.25) is 0 Å². The Bertz CT molecular complexity index is 1190.